The minimum Gasteiger partial charge on any atom is -0.478 e. The highest BCUT2D eigenvalue weighted by Gasteiger charge is 2.15. The summed E-state index contributed by atoms with van der Waals surface area (Å²) < 4.78 is 0. The number of carboxylic acids is 1. The largest absolute Gasteiger partial charge is 0.478 e. The summed E-state index contributed by atoms with van der Waals surface area (Å²) >= 11 is 12.0. The van der Waals surface area contributed by atoms with Gasteiger partial charge >= 0.3 is 5.97 Å². The van der Waals surface area contributed by atoms with Crippen molar-refractivity contribution in [1.82, 2.24) is 0 Å². The van der Waals surface area contributed by atoms with Gasteiger partial charge < -0.3 is 16.2 Å². The van der Waals surface area contributed by atoms with E-state index in [9.17, 15) is 9.90 Å². The zero-order valence-electron chi connectivity index (χ0n) is 11.2. The summed E-state index contributed by atoms with van der Waals surface area (Å²) in [5.74, 6) is -1.04. The van der Waals surface area contributed by atoms with Crippen molar-refractivity contribution in [2.45, 2.75) is 13.0 Å². The lowest BCUT2D eigenvalue weighted by molar-refractivity contribution is 0.0698. The number of aromatic carboxylic acids is 1. The van der Waals surface area contributed by atoms with Gasteiger partial charge in [0.2, 0.25) is 0 Å². The second-order valence-electron chi connectivity index (χ2n) is 4.64. The molecule has 0 saturated carbocycles. The number of carbonyl (C=O) groups is 1. The molecular weight excluding hydrogens is 311 g/mol. The molecule has 0 aliphatic rings. The molecule has 2 aromatic rings. The van der Waals surface area contributed by atoms with Gasteiger partial charge in [-0.05, 0) is 42.8 Å². The van der Waals surface area contributed by atoms with E-state index in [0.29, 0.717) is 21.4 Å². The van der Waals surface area contributed by atoms with E-state index in [1.807, 2.05) is 6.92 Å². The monoisotopic (exact) mass is 324 g/mol. The summed E-state index contributed by atoms with van der Waals surface area (Å²) in [6.45, 7) is 1.89. The Bertz CT molecular complexity index is 689. The number of rotatable bonds is 4. The maximum Gasteiger partial charge on any atom is 0.337 e. The molecule has 1 atom stereocenters. The first-order valence-corrected chi connectivity index (χ1v) is 6.98. The molecule has 0 radical (unpaired) electrons. The maximum atomic E-state index is 11.3. The van der Waals surface area contributed by atoms with Crippen LogP contribution in [0, 0.1) is 0 Å². The highest BCUT2D eigenvalue weighted by atomic mass is 35.5. The van der Waals surface area contributed by atoms with Crippen LogP contribution >= 0.6 is 23.2 Å². The third-order valence-corrected chi connectivity index (χ3v) is 3.64. The van der Waals surface area contributed by atoms with Gasteiger partial charge in [-0.3, -0.25) is 0 Å². The smallest absolute Gasteiger partial charge is 0.337 e. The molecule has 0 amide bonds. The molecule has 0 heterocycles. The number of carboxylic acid groups (broad SMARTS) is 1. The van der Waals surface area contributed by atoms with E-state index in [1.165, 1.54) is 6.07 Å². The number of nitrogen functional groups attached to an aromatic ring is 1. The zero-order chi connectivity index (χ0) is 15.6. The van der Waals surface area contributed by atoms with Crippen LogP contribution in [0.2, 0.25) is 10.0 Å². The van der Waals surface area contributed by atoms with Crippen LogP contribution in [0.3, 0.4) is 0 Å². The molecule has 21 heavy (non-hydrogen) atoms. The third-order valence-electron chi connectivity index (χ3n) is 3.08. The number of nitrogens with one attached hydrogen (secondary N) is 1. The van der Waals surface area contributed by atoms with Crippen LogP contribution < -0.4 is 11.1 Å². The number of anilines is 2. The molecule has 0 aliphatic carbocycles. The van der Waals surface area contributed by atoms with E-state index in [4.69, 9.17) is 28.9 Å². The predicted octanol–water partition coefficient (Wildman–Crippen LogP) is 4.45. The first-order valence-electron chi connectivity index (χ1n) is 6.23. The molecule has 6 heteroatoms. The summed E-state index contributed by atoms with van der Waals surface area (Å²) in [7, 11) is 0. The van der Waals surface area contributed by atoms with E-state index in [1.54, 1.807) is 30.3 Å². The van der Waals surface area contributed by atoms with Crippen LogP contribution in [0.1, 0.15) is 28.9 Å². The Morgan fingerprint density at radius 3 is 2.57 bits per heavy atom. The fourth-order valence-corrected chi connectivity index (χ4v) is 2.60. The Labute approximate surface area is 132 Å². The van der Waals surface area contributed by atoms with E-state index in [2.05, 4.69) is 5.32 Å². The van der Waals surface area contributed by atoms with Crippen molar-refractivity contribution in [2.24, 2.45) is 0 Å². The molecule has 0 spiro atoms. The first-order chi connectivity index (χ1) is 9.88. The summed E-state index contributed by atoms with van der Waals surface area (Å²) in [5.41, 5.74) is 7.45. The van der Waals surface area contributed by atoms with E-state index in [-0.39, 0.29) is 11.6 Å². The molecule has 0 fully saturated rings. The highest BCUT2D eigenvalue weighted by Crippen LogP contribution is 2.30. The molecule has 4 nitrogen and oxygen atoms in total. The standard InChI is InChI=1S/C15H14Cl2N2O2/c1-8(11-4-2-9(16)6-13(11)17)19-14-5-3-10(18)7-12(14)15(20)21/h2-8,19H,18H2,1H3,(H,20,21). The van der Waals surface area contributed by atoms with Crippen molar-refractivity contribution in [3.63, 3.8) is 0 Å². The predicted molar refractivity (Wildman–Crippen MR) is 86.3 cm³/mol. The summed E-state index contributed by atoms with van der Waals surface area (Å²) in [6.07, 6.45) is 0. The lowest BCUT2D eigenvalue weighted by Gasteiger charge is -2.19. The van der Waals surface area contributed by atoms with Gasteiger partial charge in [0.05, 0.1) is 11.6 Å². The molecule has 0 saturated heterocycles. The lowest BCUT2D eigenvalue weighted by Crippen LogP contribution is -2.11. The minimum absolute atomic E-state index is 0.118. The zero-order valence-corrected chi connectivity index (χ0v) is 12.7. The van der Waals surface area contributed by atoms with Crippen molar-refractivity contribution < 1.29 is 9.90 Å². The van der Waals surface area contributed by atoms with Gasteiger partial charge in [-0.1, -0.05) is 29.3 Å². The minimum atomic E-state index is -1.04. The third kappa shape index (κ3) is 3.60. The SMILES string of the molecule is CC(Nc1ccc(N)cc1C(=O)O)c1ccc(Cl)cc1Cl. The van der Waals surface area contributed by atoms with Crippen molar-refractivity contribution in [3.05, 3.63) is 57.6 Å². The van der Waals surface area contributed by atoms with Crippen molar-refractivity contribution in [1.29, 1.82) is 0 Å². The molecule has 0 bridgehead atoms. The van der Waals surface area contributed by atoms with E-state index < -0.39 is 5.97 Å². The van der Waals surface area contributed by atoms with Gasteiger partial charge in [-0.15, -0.1) is 0 Å². The van der Waals surface area contributed by atoms with Gasteiger partial charge in [0.25, 0.3) is 0 Å². The topological polar surface area (TPSA) is 75.3 Å². The molecule has 4 N–H and O–H groups in total. The van der Waals surface area contributed by atoms with Gasteiger partial charge in [-0.25, -0.2) is 4.79 Å². The Morgan fingerprint density at radius 2 is 1.95 bits per heavy atom. The Balaban J connectivity index is 2.31. The number of hydrogen-bond acceptors (Lipinski definition) is 3. The summed E-state index contributed by atoms with van der Waals surface area (Å²) in [4.78, 5) is 11.3. The molecule has 2 rings (SSSR count). The van der Waals surface area contributed by atoms with Gasteiger partial charge in [-0.2, -0.15) is 0 Å². The van der Waals surface area contributed by atoms with Crippen molar-refractivity contribution in [2.75, 3.05) is 11.1 Å². The average molecular weight is 325 g/mol. The first kappa shape index (κ1) is 15.5. The van der Waals surface area contributed by atoms with Gasteiger partial charge in [0.15, 0.2) is 0 Å². The Morgan fingerprint density at radius 1 is 1.24 bits per heavy atom. The number of hydrogen-bond donors (Lipinski definition) is 3. The second-order valence-corrected chi connectivity index (χ2v) is 5.49. The van der Waals surface area contributed by atoms with Crippen LogP contribution in [-0.2, 0) is 0 Å². The normalized spacial score (nSPS) is 12.0. The van der Waals surface area contributed by atoms with Crippen LogP contribution in [0.25, 0.3) is 0 Å². The van der Waals surface area contributed by atoms with E-state index >= 15 is 0 Å². The lowest BCUT2D eigenvalue weighted by atomic mass is 10.1. The average Bonchev–Trinajstić information content (AvgIpc) is 2.40. The molecular formula is C15H14Cl2N2O2. The molecule has 2 aromatic carbocycles. The van der Waals surface area contributed by atoms with Gasteiger partial charge in [0, 0.05) is 21.4 Å². The van der Waals surface area contributed by atoms with E-state index in [0.717, 1.165) is 5.56 Å². The van der Waals surface area contributed by atoms with Crippen molar-refractivity contribution >= 4 is 40.5 Å². The maximum absolute atomic E-state index is 11.3. The van der Waals surface area contributed by atoms with Crippen LogP contribution in [0.5, 0.6) is 0 Å². The number of nitrogens with two attached hydrogens (primary N) is 1. The van der Waals surface area contributed by atoms with Gasteiger partial charge in [0.1, 0.15) is 0 Å². The molecule has 0 aromatic heterocycles. The van der Waals surface area contributed by atoms with Crippen LogP contribution in [0.4, 0.5) is 11.4 Å². The quantitative estimate of drug-likeness (QED) is 0.726. The number of benzene rings is 2. The summed E-state index contributed by atoms with van der Waals surface area (Å²) in [6, 6.07) is 9.71. The second kappa shape index (κ2) is 6.24. The van der Waals surface area contributed by atoms with Crippen LogP contribution in [0.15, 0.2) is 36.4 Å². The summed E-state index contributed by atoms with van der Waals surface area (Å²) in [5, 5.41) is 13.4. The Hall–Kier alpha value is -1.91. The van der Waals surface area contributed by atoms with Crippen LogP contribution in [-0.4, -0.2) is 11.1 Å². The number of halogens is 2. The Kier molecular flexibility index (Phi) is 4.60. The van der Waals surface area contributed by atoms with Crippen molar-refractivity contribution in [3.8, 4) is 0 Å². The fraction of sp³-hybridized carbons (Fsp3) is 0.133. The molecule has 1 unspecified atom stereocenters. The highest BCUT2D eigenvalue weighted by molar-refractivity contribution is 6.35. The molecule has 110 valence electrons. The fourth-order valence-electron chi connectivity index (χ4n) is 2.03. The molecule has 0 aliphatic heterocycles.